The molecule has 0 saturated carbocycles. The van der Waals surface area contributed by atoms with Crippen molar-refractivity contribution in [1.82, 2.24) is 9.61 Å². The van der Waals surface area contributed by atoms with Gasteiger partial charge in [-0.05, 0) is 49.1 Å². The van der Waals surface area contributed by atoms with Crippen molar-refractivity contribution in [3.63, 3.8) is 0 Å². The maximum atomic E-state index is 13.5. The molecule has 0 unspecified atom stereocenters. The molecule has 0 atom stereocenters. The van der Waals surface area contributed by atoms with E-state index in [4.69, 9.17) is 9.52 Å². The van der Waals surface area contributed by atoms with E-state index < -0.39 is 9.84 Å². The van der Waals surface area contributed by atoms with E-state index in [2.05, 4.69) is 0 Å². The molecule has 1 aliphatic carbocycles. The average molecular weight is 410 g/mol. The van der Waals surface area contributed by atoms with E-state index in [0.29, 0.717) is 11.4 Å². The number of aryl methyl sites for hydroxylation is 2. The predicted octanol–water partition coefficient (Wildman–Crippen LogP) is 4.68. The Morgan fingerprint density at radius 1 is 0.966 bits per heavy atom. The van der Waals surface area contributed by atoms with Gasteiger partial charge in [-0.2, -0.15) is 5.10 Å². The van der Waals surface area contributed by atoms with Gasteiger partial charge in [-0.1, -0.05) is 24.3 Å². The van der Waals surface area contributed by atoms with E-state index in [9.17, 15) is 12.8 Å². The maximum Gasteiger partial charge on any atom is 0.230 e. The number of aromatic nitrogens is 2. The Bertz CT molecular complexity index is 1320. The molecule has 148 valence electrons. The third kappa shape index (κ3) is 3.06. The van der Waals surface area contributed by atoms with Crippen LogP contribution in [0.4, 0.5) is 4.39 Å². The molecule has 0 fully saturated rings. The number of sulfone groups is 1. The van der Waals surface area contributed by atoms with Crippen molar-refractivity contribution >= 4 is 15.6 Å². The Kier molecular flexibility index (Phi) is 4.10. The molecule has 0 amide bonds. The first-order chi connectivity index (χ1) is 13.9. The fourth-order valence-corrected chi connectivity index (χ4v) is 4.56. The topological polar surface area (TPSA) is 64.6 Å². The van der Waals surface area contributed by atoms with Crippen LogP contribution in [0.25, 0.3) is 28.1 Å². The molecular formula is C22H19FN2O3S. The lowest BCUT2D eigenvalue weighted by molar-refractivity contribution is 0.506. The van der Waals surface area contributed by atoms with Gasteiger partial charge in [0.2, 0.25) is 5.71 Å². The summed E-state index contributed by atoms with van der Waals surface area (Å²) in [5.41, 5.74) is 4.77. The van der Waals surface area contributed by atoms with E-state index in [1.807, 2.05) is 4.52 Å². The summed E-state index contributed by atoms with van der Waals surface area (Å²) in [5, 5.41) is 4.83. The molecule has 0 saturated heterocycles. The van der Waals surface area contributed by atoms with Gasteiger partial charge in [0.15, 0.2) is 9.84 Å². The van der Waals surface area contributed by atoms with Crippen molar-refractivity contribution in [3.05, 3.63) is 65.8 Å². The first-order valence-electron chi connectivity index (χ1n) is 9.51. The summed E-state index contributed by atoms with van der Waals surface area (Å²) in [7, 11) is -3.28. The van der Waals surface area contributed by atoms with Crippen LogP contribution in [0.5, 0.6) is 0 Å². The zero-order valence-corrected chi connectivity index (χ0v) is 16.7. The minimum atomic E-state index is -3.28. The molecule has 2 aromatic heterocycles. The zero-order valence-electron chi connectivity index (χ0n) is 15.9. The first-order valence-corrected chi connectivity index (χ1v) is 11.4. The Balaban J connectivity index is 1.75. The molecule has 0 spiro atoms. The lowest BCUT2D eigenvalue weighted by Crippen LogP contribution is -2.03. The fraction of sp³-hybridized carbons (Fsp3) is 0.227. The Morgan fingerprint density at radius 2 is 1.62 bits per heavy atom. The maximum absolute atomic E-state index is 13.5. The molecule has 2 aromatic carbocycles. The van der Waals surface area contributed by atoms with Gasteiger partial charge in [0.25, 0.3) is 0 Å². The van der Waals surface area contributed by atoms with Gasteiger partial charge < -0.3 is 4.42 Å². The smallest absolute Gasteiger partial charge is 0.230 e. The summed E-state index contributed by atoms with van der Waals surface area (Å²) in [6, 6.07) is 12.9. The van der Waals surface area contributed by atoms with Gasteiger partial charge >= 0.3 is 0 Å². The predicted molar refractivity (Wildman–Crippen MR) is 108 cm³/mol. The summed E-state index contributed by atoms with van der Waals surface area (Å²) in [5.74, 6) is 0.649. The summed E-state index contributed by atoms with van der Waals surface area (Å²) in [4.78, 5) is 0.254. The van der Waals surface area contributed by atoms with Gasteiger partial charge in [-0.15, -0.1) is 0 Å². The highest BCUT2D eigenvalue weighted by Gasteiger charge is 2.26. The molecule has 7 heteroatoms. The van der Waals surface area contributed by atoms with Crippen molar-refractivity contribution in [2.24, 2.45) is 0 Å². The average Bonchev–Trinajstić information content (AvgIpc) is 3.24. The zero-order chi connectivity index (χ0) is 20.2. The van der Waals surface area contributed by atoms with Crippen LogP contribution in [-0.4, -0.2) is 24.3 Å². The van der Waals surface area contributed by atoms with E-state index in [0.717, 1.165) is 53.8 Å². The summed E-state index contributed by atoms with van der Waals surface area (Å²) < 4.78 is 45.1. The van der Waals surface area contributed by atoms with E-state index in [1.165, 1.54) is 18.4 Å². The second-order valence-electron chi connectivity index (χ2n) is 7.42. The molecule has 1 aliphatic rings. The monoisotopic (exact) mass is 410 g/mol. The molecule has 5 nitrogen and oxygen atoms in total. The summed E-state index contributed by atoms with van der Waals surface area (Å²) in [6.45, 7) is 0. The van der Waals surface area contributed by atoms with Crippen LogP contribution in [0.1, 0.15) is 24.3 Å². The van der Waals surface area contributed by atoms with Gasteiger partial charge in [0.1, 0.15) is 17.3 Å². The van der Waals surface area contributed by atoms with Crippen LogP contribution >= 0.6 is 0 Å². The van der Waals surface area contributed by atoms with Gasteiger partial charge in [0.05, 0.1) is 16.2 Å². The third-order valence-corrected chi connectivity index (χ3v) is 6.53. The number of benzene rings is 2. The highest BCUT2D eigenvalue weighted by atomic mass is 32.2. The number of oxazole rings is 1. The van der Waals surface area contributed by atoms with Crippen LogP contribution in [0.15, 0.2) is 57.8 Å². The van der Waals surface area contributed by atoms with Gasteiger partial charge in [0, 0.05) is 18.2 Å². The third-order valence-electron chi connectivity index (χ3n) is 5.40. The van der Waals surface area contributed by atoms with E-state index >= 15 is 0 Å². The largest absolute Gasteiger partial charge is 0.441 e. The number of rotatable bonds is 3. The number of nitrogens with zero attached hydrogens (tertiary/aromatic N) is 2. The van der Waals surface area contributed by atoms with Gasteiger partial charge in [-0.3, -0.25) is 0 Å². The molecule has 0 bridgehead atoms. The normalized spacial score (nSPS) is 14.3. The molecule has 5 rings (SSSR count). The Morgan fingerprint density at radius 3 is 2.31 bits per heavy atom. The SMILES string of the molecule is CS(=O)(=O)c1ccc(-c2nn3c4c(oc3c2-c2ccc(F)cc2)CCCC4)cc1. The van der Waals surface area contributed by atoms with Crippen LogP contribution in [0.3, 0.4) is 0 Å². The summed E-state index contributed by atoms with van der Waals surface area (Å²) >= 11 is 0. The molecule has 0 radical (unpaired) electrons. The quantitative estimate of drug-likeness (QED) is 0.492. The minimum absolute atomic E-state index is 0.254. The van der Waals surface area contributed by atoms with Crippen molar-refractivity contribution < 1.29 is 17.2 Å². The lowest BCUT2D eigenvalue weighted by atomic mass is 10.0. The Labute approximate surface area is 167 Å². The van der Waals surface area contributed by atoms with Crippen molar-refractivity contribution in [3.8, 4) is 22.4 Å². The second kappa shape index (κ2) is 6.56. The molecule has 29 heavy (non-hydrogen) atoms. The molecular weight excluding hydrogens is 391 g/mol. The number of hydrogen-bond acceptors (Lipinski definition) is 4. The van der Waals surface area contributed by atoms with Crippen LogP contribution in [0, 0.1) is 5.82 Å². The Hall–Kier alpha value is -2.93. The second-order valence-corrected chi connectivity index (χ2v) is 9.44. The highest BCUT2D eigenvalue weighted by molar-refractivity contribution is 7.90. The molecule has 4 aromatic rings. The highest BCUT2D eigenvalue weighted by Crippen LogP contribution is 2.39. The van der Waals surface area contributed by atoms with Crippen molar-refractivity contribution in [2.75, 3.05) is 6.26 Å². The van der Waals surface area contributed by atoms with Gasteiger partial charge in [-0.25, -0.2) is 17.3 Å². The lowest BCUT2D eigenvalue weighted by Gasteiger charge is -2.08. The molecule has 2 heterocycles. The van der Waals surface area contributed by atoms with Crippen LogP contribution < -0.4 is 0 Å². The van der Waals surface area contributed by atoms with Crippen molar-refractivity contribution in [1.29, 1.82) is 0 Å². The number of halogens is 1. The van der Waals surface area contributed by atoms with E-state index in [1.54, 1.807) is 36.4 Å². The molecule has 0 N–H and O–H groups in total. The summed E-state index contributed by atoms with van der Waals surface area (Å²) in [6.07, 6.45) is 5.16. The standard InChI is InChI=1S/C22H19FN2O3S/c1-29(26,27)17-12-8-15(9-13-17)21-20(14-6-10-16(23)11-7-14)22-25(24-21)18-4-2-3-5-19(18)28-22/h6-13H,2-5H2,1H3. The fourth-order valence-electron chi connectivity index (χ4n) is 3.93. The van der Waals surface area contributed by atoms with Crippen molar-refractivity contribution in [2.45, 2.75) is 30.6 Å². The van der Waals surface area contributed by atoms with Crippen LogP contribution in [0.2, 0.25) is 0 Å². The van der Waals surface area contributed by atoms with Crippen LogP contribution in [-0.2, 0) is 22.7 Å². The molecule has 0 aliphatic heterocycles. The first kappa shape index (κ1) is 18.1. The van der Waals surface area contributed by atoms with E-state index in [-0.39, 0.29) is 10.7 Å². The minimum Gasteiger partial charge on any atom is -0.441 e. The number of hydrogen-bond donors (Lipinski definition) is 0. The number of fused-ring (bicyclic) bond motifs is 3.